The molecular formula is C24H23Cl2NO5. The van der Waals surface area contributed by atoms with Crippen LogP contribution >= 0.6 is 23.2 Å². The minimum Gasteiger partial charge on any atom is -0.487 e. The minimum atomic E-state index is -0.986. The van der Waals surface area contributed by atoms with Crippen molar-refractivity contribution in [2.45, 2.75) is 26.0 Å². The Kier molecular flexibility index (Phi) is 8.33. The molecule has 0 amide bonds. The van der Waals surface area contributed by atoms with Gasteiger partial charge in [-0.25, -0.2) is 4.79 Å². The summed E-state index contributed by atoms with van der Waals surface area (Å²) in [4.78, 5) is 23.8. The van der Waals surface area contributed by atoms with Gasteiger partial charge >= 0.3 is 5.97 Å². The van der Waals surface area contributed by atoms with Gasteiger partial charge in [-0.15, -0.1) is 0 Å². The predicted octanol–water partition coefficient (Wildman–Crippen LogP) is 4.86. The van der Waals surface area contributed by atoms with Gasteiger partial charge in [0, 0.05) is 13.7 Å². The fourth-order valence-electron chi connectivity index (χ4n) is 3.28. The summed E-state index contributed by atoms with van der Waals surface area (Å²) in [7, 11) is 1.64. The molecule has 0 radical (unpaired) electrons. The summed E-state index contributed by atoms with van der Waals surface area (Å²) in [6.07, 6.45) is 1.19. The molecule has 0 spiro atoms. The van der Waals surface area contributed by atoms with Crippen LogP contribution in [0.25, 0.3) is 0 Å². The van der Waals surface area contributed by atoms with Crippen LogP contribution < -0.4 is 10.3 Å². The number of rotatable bonds is 10. The molecule has 1 aromatic heterocycles. The number of aromatic carboxylic acids is 1. The van der Waals surface area contributed by atoms with E-state index in [1.54, 1.807) is 19.2 Å². The largest absolute Gasteiger partial charge is 0.487 e. The number of nitrogens with zero attached hydrogens (tertiary/aromatic N) is 1. The molecule has 0 aliphatic rings. The van der Waals surface area contributed by atoms with E-state index < -0.39 is 5.97 Å². The van der Waals surface area contributed by atoms with Crippen LogP contribution in [0.15, 0.2) is 59.4 Å². The third-order valence-corrected chi connectivity index (χ3v) is 5.64. The molecule has 1 heterocycles. The molecule has 2 aromatic carbocycles. The quantitative estimate of drug-likeness (QED) is 0.452. The van der Waals surface area contributed by atoms with Crippen molar-refractivity contribution in [3.63, 3.8) is 0 Å². The van der Waals surface area contributed by atoms with E-state index in [-0.39, 0.29) is 22.8 Å². The third-order valence-electron chi connectivity index (χ3n) is 5.04. The summed E-state index contributed by atoms with van der Waals surface area (Å²) < 4.78 is 12.7. The molecule has 0 saturated carbocycles. The zero-order chi connectivity index (χ0) is 23.1. The number of pyridine rings is 1. The lowest BCUT2D eigenvalue weighted by molar-refractivity contribution is 0.0697. The first-order valence-corrected chi connectivity index (χ1v) is 10.8. The van der Waals surface area contributed by atoms with Gasteiger partial charge < -0.3 is 19.1 Å². The highest BCUT2D eigenvalue weighted by Gasteiger charge is 2.15. The lowest BCUT2D eigenvalue weighted by Gasteiger charge is -2.17. The molecule has 8 heteroatoms. The first kappa shape index (κ1) is 23.9. The van der Waals surface area contributed by atoms with Crippen LogP contribution in [0, 0.1) is 0 Å². The Hall–Kier alpha value is -2.80. The first-order chi connectivity index (χ1) is 15.4. The van der Waals surface area contributed by atoms with E-state index >= 15 is 0 Å². The number of halogens is 2. The van der Waals surface area contributed by atoms with Crippen molar-refractivity contribution < 1.29 is 19.4 Å². The van der Waals surface area contributed by atoms with Crippen LogP contribution in [0.1, 0.15) is 27.2 Å². The van der Waals surface area contributed by atoms with Gasteiger partial charge in [0.05, 0.1) is 22.9 Å². The summed E-state index contributed by atoms with van der Waals surface area (Å²) in [5.74, 6) is -0.293. The Morgan fingerprint density at radius 1 is 1.03 bits per heavy atom. The van der Waals surface area contributed by atoms with Gasteiger partial charge in [-0.2, -0.15) is 0 Å². The van der Waals surface area contributed by atoms with Crippen LogP contribution in [0.2, 0.25) is 10.0 Å². The minimum absolute atomic E-state index is 0.0282. The van der Waals surface area contributed by atoms with E-state index in [0.717, 1.165) is 11.1 Å². The van der Waals surface area contributed by atoms with E-state index in [4.69, 9.17) is 37.8 Å². The fourth-order valence-corrected chi connectivity index (χ4v) is 3.82. The molecule has 3 aromatic rings. The Morgan fingerprint density at radius 2 is 1.75 bits per heavy atom. The number of methoxy groups -OCH3 is 1. The van der Waals surface area contributed by atoms with Crippen LogP contribution in [0.4, 0.5) is 0 Å². The molecule has 0 atom stereocenters. The summed E-state index contributed by atoms with van der Waals surface area (Å²) in [6, 6.07) is 15.6. The van der Waals surface area contributed by atoms with E-state index in [9.17, 15) is 9.59 Å². The van der Waals surface area contributed by atoms with Gasteiger partial charge in [-0.1, -0.05) is 53.5 Å². The molecule has 0 aliphatic heterocycles. The number of carboxylic acid groups (broad SMARTS) is 1. The molecule has 0 aliphatic carbocycles. The van der Waals surface area contributed by atoms with Gasteiger partial charge in [0.1, 0.15) is 17.4 Å². The predicted molar refractivity (Wildman–Crippen MR) is 124 cm³/mol. The number of ether oxygens (including phenoxy) is 2. The highest BCUT2D eigenvalue weighted by atomic mass is 35.5. The number of carboxylic acids is 1. The van der Waals surface area contributed by atoms with Crippen LogP contribution in [-0.2, 0) is 30.7 Å². The Labute approximate surface area is 195 Å². The first-order valence-electron chi connectivity index (χ1n) is 10.00. The standard InChI is InChI=1S/C24H23Cl2NO5/c1-31-13-11-17-4-2-3-5-22(17)32-15-21-19(25)14-20(26)23(28)27(21)12-10-16-6-8-18(9-7-16)24(29)30/h2-9,14H,10-13,15H2,1H3,(H,29,30). The van der Waals surface area contributed by atoms with Crippen LogP contribution in [-0.4, -0.2) is 29.4 Å². The van der Waals surface area contributed by atoms with E-state index in [1.807, 2.05) is 24.3 Å². The fraction of sp³-hybridized carbons (Fsp3) is 0.250. The lowest BCUT2D eigenvalue weighted by atomic mass is 10.1. The third kappa shape index (κ3) is 5.91. The zero-order valence-electron chi connectivity index (χ0n) is 17.5. The molecule has 3 rings (SSSR count). The second-order valence-corrected chi connectivity index (χ2v) is 7.95. The van der Waals surface area contributed by atoms with Crippen molar-refractivity contribution in [2.75, 3.05) is 13.7 Å². The average molecular weight is 476 g/mol. The second kappa shape index (κ2) is 11.2. The number of para-hydroxylation sites is 1. The Bertz CT molecular complexity index is 1140. The number of carbonyl (C=O) groups is 1. The number of aromatic nitrogens is 1. The number of benzene rings is 2. The molecule has 0 fully saturated rings. The Balaban J connectivity index is 1.82. The van der Waals surface area contributed by atoms with Gasteiger partial charge in [0.15, 0.2) is 0 Å². The maximum Gasteiger partial charge on any atom is 0.335 e. The van der Waals surface area contributed by atoms with Gasteiger partial charge in [-0.3, -0.25) is 4.79 Å². The molecule has 6 nitrogen and oxygen atoms in total. The van der Waals surface area contributed by atoms with Gasteiger partial charge in [-0.05, 0) is 48.2 Å². The highest BCUT2D eigenvalue weighted by Crippen LogP contribution is 2.24. The van der Waals surface area contributed by atoms with E-state index in [1.165, 1.54) is 22.8 Å². The molecule has 0 bridgehead atoms. The van der Waals surface area contributed by atoms with E-state index in [0.29, 0.717) is 42.5 Å². The summed E-state index contributed by atoms with van der Waals surface area (Å²) in [5, 5.41) is 9.41. The van der Waals surface area contributed by atoms with Crippen molar-refractivity contribution in [3.8, 4) is 5.75 Å². The maximum atomic E-state index is 12.7. The van der Waals surface area contributed by atoms with Gasteiger partial charge in [0.25, 0.3) is 5.56 Å². The zero-order valence-corrected chi connectivity index (χ0v) is 19.0. The highest BCUT2D eigenvalue weighted by molar-refractivity contribution is 6.34. The van der Waals surface area contributed by atoms with Crippen molar-refractivity contribution in [3.05, 3.63) is 97.4 Å². The summed E-state index contributed by atoms with van der Waals surface area (Å²) >= 11 is 12.5. The van der Waals surface area contributed by atoms with Crippen LogP contribution in [0.5, 0.6) is 5.75 Å². The topological polar surface area (TPSA) is 77.8 Å². The molecule has 32 heavy (non-hydrogen) atoms. The summed E-state index contributed by atoms with van der Waals surface area (Å²) in [5.41, 5.74) is 2.24. The van der Waals surface area contributed by atoms with Gasteiger partial charge in [0.2, 0.25) is 0 Å². The molecule has 0 saturated heterocycles. The molecule has 0 unspecified atom stereocenters. The normalized spacial score (nSPS) is 10.8. The Morgan fingerprint density at radius 3 is 2.44 bits per heavy atom. The SMILES string of the molecule is COCCc1ccccc1OCc1c(Cl)cc(Cl)c(=O)n1CCc1ccc(C(=O)O)cc1. The van der Waals surface area contributed by atoms with Crippen LogP contribution in [0.3, 0.4) is 0 Å². The van der Waals surface area contributed by atoms with Crippen molar-refractivity contribution in [1.29, 1.82) is 0 Å². The average Bonchev–Trinajstić information content (AvgIpc) is 2.79. The number of aryl methyl sites for hydroxylation is 1. The smallest absolute Gasteiger partial charge is 0.335 e. The number of hydrogen-bond acceptors (Lipinski definition) is 4. The monoisotopic (exact) mass is 475 g/mol. The van der Waals surface area contributed by atoms with Crippen molar-refractivity contribution >= 4 is 29.2 Å². The maximum absolute atomic E-state index is 12.7. The molecule has 1 N–H and O–H groups in total. The lowest BCUT2D eigenvalue weighted by Crippen LogP contribution is -2.26. The molecular weight excluding hydrogens is 453 g/mol. The number of hydrogen-bond donors (Lipinski definition) is 1. The summed E-state index contributed by atoms with van der Waals surface area (Å²) in [6.45, 7) is 0.968. The van der Waals surface area contributed by atoms with E-state index in [2.05, 4.69) is 0 Å². The van der Waals surface area contributed by atoms with Crippen molar-refractivity contribution in [2.24, 2.45) is 0 Å². The second-order valence-electron chi connectivity index (χ2n) is 7.13. The van der Waals surface area contributed by atoms with Crippen molar-refractivity contribution in [1.82, 2.24) is 4.57 Å². The molecule has 168 valence electrons.